The summed E-state index contributed by atoms with van der Waals surface area (Å²) in [6.07, 6.45) is 4.77. The second-order valence-electron chi connectivity index (χ2n) is 3.56. The highest BCUT2D eigenvalue weighted by Crippen LogP contribution is 2.22. The van der Waals surface area contributed by atoms with Crippen LogP contribution in [0.3, 0.4) is 0 Å². The zero-order valence-electron chi connectivity index (χ0n) is 9.00. The van der Waals surface area contributed by atoms with Crippen LogP contribution in [0.2, 0.25) is 0 Å². The molecule has 3 heteroatoms. The largest absolute Gasteiger partial charge is 0.437 e. The molecule has 1 heterocycles. The minimum absolute atomic E-state index is 0.471. The van der Waals surface area contributed by atoms with E-state index in [1.807, 2.05) is 36.4 Å². The third kappa shape index (κ3) is 2.08. The molecule has 0 bridgehead atoms. The van der Waals surface area contributed by atoms with Crippen molar-refractivity contribution in [1.29, 1.82) is 0 Å². The molecule has 0 aliphatic heterocycles. The number of fused-ring (bicyclic) bond motifs is 1. The van der Waals surface area contributed by atoms with Crippen LogP contribution in [0.25, 0.3) is 10.8 Å². The van der Waals surface area contributed by atoms with Crippen LogP contribution in [-0.2, 0) is 0 Å². The van der Waals surface area contributed by atoms with Crippen LogP contribution in [0.1, 0.15) is 0 Å². The fraction of sp³-hybridized carbons (Fsp3) is 0. The standard InChI is InChI=1S/C14H9N2O/c1-2-4-12-9-13(6-5-11(12)3-1)17-14-10-15-7-8-16-14/h1-8,10H. The molecular formula is C14H9N2O. The van der Waals surface area contributed by atoms with Gasteiger partial charge in [-0.2, -0.15) is 0 Å². The van der Waals surface area contributed by atoms with Crippen molar-refractivity contribution in [2.75, 3.05) is 0 Å². The molecule has 17 heavy (non-hydrogen) atoms. The molecular weight excluding hydrogens is 212 g/mol. The summed E-state index contributed by atoms with van der Waals surface area (Å²) in [5.74, 6) is 1.11. The molecule has 0 saturated heterocycles. The molecule has 0 spiro atoms. The summed E-state index contributed by atoms with van der Waals surface area (Å²) in [5, 5.41) is 2.16. The molecule has 0 amide bonds. The lowest BCUT2D eigenvalue weighted by molar-refractivity contribution is 0.460. The molecule has 1 aromatic heterocycles. The number of ether oxygens (including phenoxy) is 1. The van der Waals surface area contributed by atoms with E-state index in [4.69, 9.17) is 4.74 Å². The zero-order valence-corrected chi connectivity index (χ0v) is 9.00. The van der Waals surface area contributed by atoms with Gasteiger partial charge >= 0.3 is 0 Å². The van der Waals surface area contributed by atoms with Crippen LogP contribution in [0, 0.1) is 6.07 Å². The van der Waals surface area contributed by atoms with Crippen LogP contribution in [0.4, 0.5) is 0 Å². The van der Waals surface area contributed by atoms with Crippen LogP contribution in [0.5, 0.6) is 11.6 Å². The molecule has 1 radical (unpaired) electrons. The minimum Gasteiger partial charge on any atom is -0.437 e. The summed E-state index contributed by atoms with van der Waals surface area (Å²) < 4.78 is 5.56. The maximum absolute atomic E-state index is 5.56. The third-order valence-corrected chi connectivity index (χ3v) is 2.39. The van der Waals surface area contributed by atoms with E-state index in [0.29, 0.717) is 11.6 Å². The van der Waals surface area contributed by atoms with Gasteiger partial charge in [-0.25, -0.2) is 4.98 Å². The van der Waals surface area contributed by atoms with Crippen LogP contribution in [0.15, 0.2) is 55.0 Å². The first-order valence-corrected chi connectivity index (χ1v) is 5.27. The van der Waals surface area contributed by atoms with Crippen LogP contribution >= 0.6 is 0 Å². The highest BCUT2D eigenvalue weighted by Gasteiger charge is 2.00. The van der Waals surface area contributed by atoms with Crippen molar-refractivity contribution in [3.8, 4) is 11.6 Å². The maximum Gasteiger partial charge on any atom is 0.237 e. The van der Waals surface area contributed by atoms with E-state index < -0.39 is 0 Å². The molecule has 0 unspecified atom stereocenters. The second-order valence-corrected chi connectivity index (χ2v) is 3.56. The van der Waals surface area contributed by atoms with Crippen molar-refractivity contribution in [1.82, 2.24) is 9.97 Å². The van der Waals surface area contributed by atoms with Gasteiger partial charge in [0.25, 0.3) is 0 Å². The highest BCUT2D eigenvalue weighted by atomic mass is 16.5. The first-order chi connectivity index (χ1) is 8.42. The molecule has 0 atom stereocenters. The monoisotopic (exact) mass is 221 g/mol. The van der Waals surface area contributed by atoms with Gasteiger partial charge < -0.3 is 4.74 Å². The quantitative estimate of drug-likeness (QED) is 0.666. The Hall–Kier alpha value is -2.42. The molecule has 0 saturated carbocycles. The summed E-state index contributed by atoms with van der Waals surface area (Å²) in [7, 11) is 0. The Labute approximate surface area is 98.7 Å². The Morgan fingerprint density at radius 3 is 2.82 bits per heavy atom. The van der Waals surface area contributed by atoms with E-state index in [-0.39, 0.29) is 0 Å². The Kier molecular flexibility index (Phi) is 2.43. The summed E-state index contributed by atoms with van der Waals surface area (Å²) in [6.45, 7) is 0. The number of benzene rings is 2. The van der Waals surface area contributed by atoms with Crippen molar-refractivity contribution in [2.45, 2.75) is 0 Å². The fourth-order valence-corrected chi connectivity index (χ4v) is 1.61. The first-order valence-electron chi connectivity index (χ1n) is 5.27. The van der Waals surface area contributed by atoms with Gasteiger partial charge in [-0.1, -0.05) is 30.3 Å². The molecule has 81 valence electrons. The van der Waals surface area contributed by atoms with Crippen molar-refractivity contribution in [2.24, 2.45) is 0 Å². The van der Waals surface area contributed by atoms with E-state index in [0.717, 1.165) is 10.8 Å². The van der Waals surface area contributed by atoms with Gasteiger partial charge in [0.2, 0.25) is 5.88 Å². The number of rotatable bonds is 2. The van der Waals surface area contributed by atoms with E-state index >= 15 is 0 Å². The fourth-order valence-electron chi connectivity index (χ4n) is 1.61. The third-order valence-electron chi connectivity index (χ3n) is 2.39. The lowest BCUT2D eigenvalue weighted by atomic mass is 10.1. The van der Waals surface area contributed by atoms with Gasteiger partial charge in [-0.05, 0) is 16.8 Å². The Balaban J connectivity index is 1.96. The molecule has 3 rings (SSSR count). The Morgan fingerprint density at radius 2 is 1.94 bits per heavy atom. The lowest BCUT2D eigenvalue weighted by Crippen LogP contribution is -1.88. The SMILES string of the molecule is [c]1c(Oc2cnccn2)ccc2ccccc12. The summed E-state index contributed by atoms with van der Waals surface area (Å²) >= 11 is 0. The maximum atomic E-state index is 5.56. The molecule has 0 aliphatic carbocycles. The topological polar surface area (TPSA) is 35.0 Å². The van der Waals surface area contributed by atoms with Gasteiger partial charge in [-0.15, -0.1) is 0 Å². The number of hydrogen-bond acceptors (Lipinski definition) is 3. The lowest BCUT2D eigenvalue weighted by Gasteiger charge is -2.04. The summed E-state index contributed by atoms with van der Waals surface area (Å²) in [6, 6.07) is 15.1. The van der Waals surface area contributed by atoms with Gasteiger partial charge in [-0.3, -0.25) is 4.98 Å². The van der Waals surface area contributed by atoms with Crippen molar-refractivity contribution in [3.05, 3.63) is 61.1 Å². The molecule has 0 aliphatic rings. The van der Waals surface area contributed by atoms with Gasteiger partial charge in [0.15, 0.2) is 0 Å². The number of aromatic nitrogens is 2. The van der Waals surface area contributed by atoms with Crippen molar-refractivity contribution >= 4 is 10.8 Å². The minimum atomic E-state index is 0.471. The predicted molar refractivity (Wildman–Crippen MR) is 64.9 cm³/mol. The first kappa shape index (κ1) is 9.78. The Bertz CT molecular complexity index is 638. The van der Waals surface area contributed by atoms with Crippen molar-refractivity contribution < 1.29 is 4.74 Å². The van der Waals surface area contributed by atoms with E-state index in [1.165, 1.54) is 0 Å². The zero-order chi connectivity index (χ0) is 11.5. The summed E-state index contributed by atoms with van der Waals surface area (Å²) in [5.41, 5.74) is 0. The molecule has 0 fully saturated rings. The Morgan fingerprint density at radius 1 is 1.00 bits per heavy atom. The van der Waals surface area contributed by atoms with Gasteiger partial charge in [0.1, 0.15) is 5.75 Å². The summed E-state index contributed by atoms with van der Waals surface area (Å²) in [4.78, 5) is 7.99. The van der Waals surface area contributed by atoms with E-state index in [9.17, 15) is 0 Å². The number of nitrogens with zero attached hydrogens (tertiary/aromatic N) is 2. The van der Waals surface area contributed by atoms with Gasteiger partial charge in [0.05, 0.1) is 6.20 Å². The van der Waals surface area contributed by atoms with Crippen LogP contribution in [-0.4, -0.2) is 9.97 Å². The average molecular weight is 221 g/mol. The smallest absolute Gasteiger partial charge is 0.237 e. The second kappa shape index (κ2) is 4.22. The average Bonchev–Trinajstić information content (AvgIpc) is 2.40. The molecule has 0 N–H and O–H groups in total. The predicted octanol–water partition coefficient (Wildman–Crippen LogP) is 3.22. The highest BCUT2D eigenvalue weighted by molar-refractivity contribution is 5.83. The normalized spacial score (nSPS) is 10.4. The van der Waals surface area contributed by atoms with E-state index in [2.05, 4.69) is 16.0 Å². The van der Waals surface area contributed by atoms with Crippen molar-refractivity contribution in [3.63, 3.8) is 0 Å². The number of hydrogen-bond donors (Lipinski definition) is 0. The molecule has 2 aromatic carbocycles. The van der Waals surface area contributed by atoms with Crippen LogP contribution < -0.4 is 4.74 Å². The van der Waals surface area contributed by atoms with E-state index in [1.54, 1.807) is 18.6 Å². The van der Waals surface area contributed by atoms with Gasteiger partial charge in [0, 0.05) is 18.5 Å². The molecule has 3 aromatic rings. The molecule has 3 nitrogen and oxygen atoms in total.